The summed E-state index contributed by atoms with van der Waals surface area (Å²) >= 11 is 3.69. The van der Waals surface area contributed by atoms with Crippen LogP contribution < -0.4 is 25.0 Å². The van der Waals surface area contributed by atoms with Gasteiger partial charge in [-0.15, -0.1) is 0 Å². The van der Waals surface area contributed by atoms with Gasteiger partial charge in [0.15, 0.2) is 5.82 Å². The molecule has 0 unspecified atom stereocenters. The fourth-order valence-electron chi connectivity index (χ4n) is 8.29. The van der Waals surface area contributed by atoms with E-state index in [-0.39, 0.29) is 30.2 Å². The maximum atomic E-state index is 12.2. The Morgan fingerprint density at radius 3 is 1.52 bits per heavy atom. The Morgan fingerprint density at radius 1 is 0.561 bits per heavy atom. The smallest absolute Gasteiger partial charge is 0.244 e. The first-order chi connectivity index (χ1) is 32.3. The summed E-state index contributed by atoms with van der Waals surface area (Å²) in [6, 6.07) is 23.0. The largest absolute Gasteiger partial charge is 0.361 e. The number of hydrogen-bond donors (Lipinski definition) is 4. The zero-order chi connectivity index (χ0) is 46.4. The van der Waals surface area contributed by atoms with Crippen LogP contribution in [0, 0.1) is 0 Å². The van der Waals surface area contributed by atoms with Crippen LogP contribution in [-0.4, -0.2) is 83.2 Å². The SMILES string of the molecule is CCC[CH2][Sn]([CH2]CCC)([CH2]CCC)[c]1ccccn1.O=C(CNc1nc(-c2ccccn2)nc2c1CCC2)Nc1ccccn1.O=C(CNc1nc(Cl)nc2c1CCC2)Nc1ccccn1. The van der Waals surface area contributed by atoms with E-state index in [2.05, 4.69) is 95.1 Å². The number of aryl methyl sites for hydroxylation is 2. The molecule has 16 heteroatoms. The second-order valence-electron chi connectivity index (χ2n) is 16.5. The van der Waals surface area contributed by atoms with Gasteiger partial charge < -0.3 is 21.3 Å². The number of aromatic nitrogens is 8. The second kappa shape index (κ2) is 26.5. The van der Waals surface area contributed by atoms with Crippen molar-refractivity contribution >= 4 is 68.8 Å². The molecule has 0 spiro atoms. The summed E-state index contributed by atoms with van der Waals surface area (Å²) in [4.78, 5) is 59.0. The van der Waals surface area contributed by atoms with Gasteiger partial charge in [-0.25, -0.2) is 29.9 Å². The van der Waals surface area contributed by atoms with Crippen LogP contribution in [0.25, 0.3) is 11.5 Å². The average molecular weight is 1020 g/mol. The number of unbranched alkanes of at least 4 members (excludes halogenated alkanes) is 3. The first-order valence-electron chi connectivity index (χ1n) is 23.5. The molecular weight excluding hydrogens is 955 g/mol. The van der Waals surface area contributed by atoms with E-state index in [0.29, 0.717) is 29.1 Å². The zero-order valence-electron chi connectivity index (χ0n) is 38.5. The summed E-state index contributed by atoms with van der Waals surface area (Å²) in [5.74, 6) is 2.64. The first kappa shape index (κ1) is 49.8. The van der Waals surface area contributed by atoms with Crippen molar-refractivity contribution in [3.05, 3.63) is 125 Å². The minimum absolute atomic E-state index is 0.107. The minimum atomic E-state index is -2.21. The number of carbonyl (C=O) groups is 2. The van der Waals surface area contributed by atoms with Gasteiger partial charge in [-0.3, -0.25) is 14.6 Å². The summed E-state index contributed by atoms with van der Waals surface area (Å²) in [6.07, 6.45) is 21.0. The molecule has 0 fully saturated rings. The van der Waals surface area contributed by atoms with Crippen LogP contribution >= 0.6 is 11.6 Å². The van der Waals surface area contributed by atoms with Crippen molar-refractivity contribution in [3.63, 3.8) is 0 Å². The Kier molecular flexibility index (Phi) is 20.0. The molecule has 0 saturated heterocycles. The third-order valence-electron chi connectivity index (χ3n) is 11.7. The first-order valence-corrected chi connectivity index (χ1v) is 31.3. The summed E-state index contributed by atoms with van der Waals surface area (Å²) in [6.45, 7) is 7.20. The molecule has 14 nitrogen and oxygen atoms in total. The summed E-state index contributed by atoms with van der Waals surface area (Å²) in [7, 11) is 0. The van der Waals surface area contributed by atoms with E-state index in [9.17, 15) is 9.59 Å². The molecule has 0 bridgehead atoms. The van der Waals surface area contributed by atoms with Crippen molar-refractivity contribution in [2.45, 2.75) is 111 Å². The Labute approximate surface area is 398 Å². The molecule has 0 aliphatic heterocycles. The van der Waals surface area contributed by atoms with E-state index < -0.39 is 18.4 Å². The van der Waals surface area contributed by atoms with Gasteiger partial charge in [-0.05, 0) is 86.5 Å². The monoisotopic (exact) mass is 1020 g/mol. The minimum Gasteiger partial charge on any atom is -0.361 e. The van der Waals surface area contributed by atoms with E-state index in [1.807, 2.05) is 36.5 Å². The normalized spacial score (nSPS) is 12.4. The van der Waals surface area contributed by atoms with Crippen LogP contribution in [0.1, 0.15) is 94.7 Å². The molecule has 4 N–H and O–H groups in total. The number of nitrogens with zero attached hydrogens (tertiary/aromatic N) is 8. The van der Waals surface area contributed by atoms with E-state index in [0.717, 1.165) is 66.7 Å². The molecule has 346 valence electrons. The summed E-state index contributed by atoms with van der Waals surface area (Å²) in [5.41, 5.74) is 4.89. The topological polar surface area (TPSA) is 185 Å². The van der Waals surface area contributed by atoms with Crippen LogP contribution in [0.5, 0.6) is 0 Å². The molecule has 6 aromatic heterocycles. The van der Waals surface area contributed by atoms with Gasteiger partial charge in [0.05, 0.1) is 18.8 Å². The van der Waals surface area contributed by atoms with Crippen LogP contribution in [0.3, 0.4) is 0 Å². The molecule has 66 heavy (non-hydrogen) atoms. The molecule has 2 aliphatic carbocycles. The molecule has 0 saturated carbocycles. The Hall–Kier alpha value is -5.61. The Bertz CT molecular complexity index is 2400. The quantitative estimate of drug-likeness (QED) is 0.0446. The molecule has 0 atom stereocenters. The molecule has 8 rings (SSSR count). The fraction of sp³-hybridized carbons (Fsp3) is 0.400. The van der Waals surface area contributed by atoms with E-state index in [1.54, 1.807) is 46.6 Å². The van der Waals surface area contributed by atoms with Crippen molar-refractivity contribution < 1.29 is 9.59 Å². The molecule has 2 aliphatic rings. The van der Waals surface area contributed by atoms with Crippen molar-refractivity contribution in [1.29, 1.82) is 0 Å². The van der Waals surface area contributed by atoms with Gasteiger partial charge in [0.2, 0.25) is 17.1 Å². The van der Waals surface area contributed by atoms with Gasteiger partial charge in [0.25, 0.3) is 0 Å². The van der Waals surface area contributed by atoms with Gasteiger partial charge in [0.1, 0.15) is 29.0 Å². The van der Waals surface area contributed by atoms with Gasteiger partial charge in [-0.2, -0.15) is 0 Å². The Morgan fingerprint density at radius 2 is 1.05 bits per heavy atom. The van der Waals surface area contributed by atoms with E-state index in [4.69, 9.17) is 16.6 Å². The van der Waals surface area contributed by atoms with Gasteiger partial charge in [0, 0.05) is 35.4 Å². The number of hydrogen-bond acceptors (Lipinski definition) is 12. The molecule has 0 radical (unpaired) electrons. The van der Waals surface area contributed by atoms with Crippen LogP contribution in [-0.2, 0) is 35.3 Å². The number of nitrogens with one attached hydrogen (secondary N) is 4. The third-order valence-corrected chi connectivity index (χ3v) is 27.0. The maximum Gasteiger partial charge on any atom is 0.244 e. The predicted octanol–water partition coefficient (Wildman–Crippen LogP) is 9.67. The predicted molar refractivity (Wildman–Crippen MR) is 268 cm³/mol. The van der Waals surface area contributed by atoms with E-state index in [1.165, 1.54) is 51.8 Å². The fourth-order valence-corrected chi connectivity index (χ4v) is 23.9. The number of halogens is 1. The molecular formula is C50H63ClN12O2Sn. The molecule has 6 aromatic rings. The number of rotatable bonds is 19. The van der Waals surface area contributed by atoms with Crippen molar-refractivity contribution in [2.24, 2.45) is 0 Å². The van der Waals surface area contributed by atoms with Crippen molar-refractivity contribution in [1.82, 2.24) is 39.9 Å². The summed E-state index contributed by atoms with van der Waals surface area (Å²) in [5, 5.41) is 11.9. The second-order valence-corrected chi connectivity index (χ2v) is 29.9. The average Bonchev–Trinajstić information content (AvgIpc) is 4.05. The summed E-state index contributed by atoms with van der Waals surface area (Å²) < 4.78 is 6.10. The van der Waals surface area contributed by atoms with Crippen molar-refractivity contribution in [2.75, 3.05) is 34.4 Å². The molecule has 6 heterocycles. The number of fused-ring (bicyclic) bond motifs is 2. The molecule has 2 amide bonds. The zero-order valence-corrected chi connectivity index (χ0v) is 42.1. The van der Waals surface area contributed by atoms with Crippen LogP contribution in [0.15, 0.2) is 97.6 Å². The third kappa shape index (κ3) is 15.0. The van der Waals surface area contributed by atoms with Crippen LogP contribution in [0.4, 0.5) is 23.3 Å². The number of carbonyl (C=O) groups excluding carboxylic acids is 2. The van der Waals surface area contributed by atoms with Gasteiger partial charge >= 0.3 is 124 Å². The maximum absolute atomic E-state index is 12.2. The van der Waals surface area contributed by atoms with Crippen LogP contribution in [0.2, 0.25) is 18.6 Å². The molecule has 0 aromatic carbocycles. The Balaban J connectivity index is 0.000000166. The number of pyridine rings is 4. The van der Waals surface area contributed by atoms with Gasteiger partial charge in [-0.1, -0.05) is 18.2 Å². The van der Waals surface area contributed by atoms with E-state index >= 15 is 0 Å². The van der Waals surface area contributed by atoms with Crippen molar-refractivity contribution in [3.8, 4) is 11.5 Å². The standard InChI is InChI=1S/C19H18N6O.C14H14ClN5O.C5H4N.3C4H9.Sn/c26-17(24-16-9-2-4-11-21-16)12-22-18-13-6-5-8-14(13)23-19(25-18)15-7-1-3-10-20-15;15-14-18-10-5-3-4-9(10)13(20-14)17-8-12(21)19-11-6-1-2-7-16-11;1-2-4-6-5-3-1;3*1-3-4-2;/h1-4,7,9-11H,5-6,8,12H2,(H,21,24,26)(H,22,23,25);1-2,6-7H,3-5,8H2,(H,16,19,21)(H,17,18,20);1-4H;3*1,3-4H2,2H3;. The number of amides is 2. The number of anilines is 4.